The maximum absolute atomic E-state index is 13.3. The summed E-state index contributed by atoms with van der Waals surface area (Å²) in [6, 6.07) is 8.12. The van der Waals surface area contributed by atoms with Gasteiger partial charge in [0.1, 0.15) is 5.69 Å². The molecule has 0 saturated carbocycles. The molecule has 0 bridgehead atoms. The number of fused-ring (bicyclic) bond motifs is 1. The molecule has 1 saturated heterocycles. The Kier molecular flexibility index (Phi) is 6.03. The highest BCUT2D eigenvalue weighted by Gasteiger charge is 2.49. The van der Waals surface area contributed by atoms with Gasteiger partial charge in [0.15, 0.2) is 28.9 Å². The number of nitrogens with two attached hydrogens (primary N) is 1. The first-order valence-corrected chi connectivity index (χ1v) is 11.2. The average molecular weight is 531 g/mol. The minimum absolute atomic E-state index is 0.0382. The van der Waals surface area contributed by atoms with Crippen molar-refractivity contribution in [1.29, 1.82) is 0 Å². The molecule has 2 atom stereocenters. The Morgan fingerprint density at radius 2 is 2.03 bits per heavy atom. The number of carbonyl (C=O) groups excluding carboxylic acids is 2. The third kappa shape index (κ3) is 4.52. The lowest BCUT2D eigenvalue weighted by atomic mass is 9.95. The van der Waals surface area contributed by atoms with E-state index >= 15 is 0 Å². The van der Waals surface area contributed by atoms with Gasteiger partial charge in [-0.15, -0.1) is 5.10 Å². The molecule has 1 aliphatic heterocycles. The summed E-state index contributed by atoms with van der Waals surface area (Å²) < 4.78 is 50.8. The molecule has 1 aliphatic rings. The van der Waals surface area contributed by atoms with Crippen molar-refractivity contribution in [1.82, 2.24) is 19.9 Å². The minimum atomic E-state index is -4.64. The lowest BCUT2D eigenvalue weighted by molar-refractivity contribution is -0.165. The van der Waals surface area contributed by atoms with Crippen LogP contribution in [0.3, 0.4) is 0 Å². The standard InChI is InChI=1S/C23H20F3N7O5/c1-22(36,21(35)29-12-2-3-14-15(10-12)38-31-19(14)27)18-20(34)32(8-9-37-18)17-5-7-33(30-17)13-4-6-28-16(11-13)23(24,25)26/h2-7,10-11,18,36H,8-9H2,1H3,(H2,27,31)(H,29,35)/t18-,22+/m0/s1. The molecule has 1 aromatic carbocycles. The number of halogens is 3. The predicted octanol–water partition coefficient (Wildman–Crippen LogP) is 2.13. The highest BCUT2D eigenvalue weighted by atomic mass is 19.4. The minimum Gasteiger partial charge on any atom is -0.380 e. The maximum atomic E-state index is 13.3. The van der Waals surface area contributed by atoms with E-state index in [0.29, 0.717) is 11.0 Å². The third-order valence-electron chi connectivity index (χ3n) is 5.97. The number of aromatic nitrogens is 4. The summed E-state index contributed by atoms with van der Waals surface area (Å²) in [6.07, 6.45) is -3.86. The normalized spacial score (nSPS) is 18.0. The van der Waals surface area contributed by atoms with Crippen LogP contribution in [0.1, 0.15) is 12.6 Å². The molecule has 4 N–H and O–H groups in total. The van der Waals surface area contributed by atoms with Gasteiger partial charge in [0.05, 0.1) is 24.2 Å². The van der Waals surface area contributed by atoms with E-state index in [4.69, 9.17) is 15.0 Å². The van der Waals surface area contributed by atoms with E-state index < -0.39 is 35.4 Å². The van der Waals surface area contributed by atoms with Crippen LogP contribution in [0.2, 0.25) is 0 Å². The summed E-state index contributed by atoms with van der Waals surface area (Å²) in [5, 5.41) is 21.9. The number of benzene rings is 1. The number of nitrogens with zero attached hydrogens (tertiary/aromatic N) is 5. The lowest BCUT2D eigenvalue weighted by Crippen LogP contribution is -2.61. The Balaban J connectivity index is 1.34. The Hall–Kier alpha value is -4.50. The number of alkyl halides is 3. The molecular weight excluding hydrogens is 511 g/mol. The van der Waals surface area contributed by atoms with Gasteiger partial charge in [-0.3, -0.25) is 19.5 Å². The number of hydrogen-bond acceptors (Lipinski definition) is 9. The van der Waals surface area contributed by atoms with Crippen molar-refractivity contribution in [2.75, 3.05) is 29.1 Å². The molecule has 3 aromatic heterocycles. The third-order valence-corrected chi connectivity index (χ3v) is 5.97. The Bertz CT molecular complexity index is 1530. The number of ether oxygens (including phenoxy) is 1. The van der Waals surface area contributed by atoms with Crippen LogP contribution in [-0.4, -0.2) is 61.7 Å². The van der Waals surface area contributed by atoms with Crippen molar-refractivity contribution in [3.63, 3.8) is 0 Å². The molecule has 0 aliphatic carbocycles. The van der Waals surface area contributed by atoms with Gasteiger partial charge in [-0.2, -0.15) is 13.2 Å². The topological polar surface area (TPSA) is 162 Å². The molecule has 198 valence electrons. The zero-order chi connectivity index (χ0) is 27.2. The van der Waals surface area contributed by atoms with Crippen LogP contribution in [0.25, 0.3) is 16.7 Å². The van der Waals surface area contributed by atoms with Crippen LogP contribution in [-0.2, 0) is 20.5 Å². The smallest absolute Gasteiger partial charge is 0.380 e. The molecule has 0 spiro atoms. The van der Waals surface area contributed by atoms with E-state index in [-0.39, 0.29) is 36.2 Å². The van der Waals surface area contributed by atoms with Crippen LogP contribution >= 0.6 is 0 Å². The fourth-order valence-electron chi connectivity index (χ4n) is 3.95. The quantitative estimate of drug-likeness (QED) is 0.350. The van der Waals surface area contributed by atoms with Crippen molar-refractivity contribution in [3.8, 4) is 5.69 Å². The van der Waals surface area contributed by atoms with E-state index in [1.807, 2.05) is 0 Å². The first kappa shape index (κ1) is 25.2. The van der Waals surface area contributed by atoms with Crippen molar-refractivity contribution in [2.45, 2.75) is 24.8 Å². The fourth-order valence-corrected chi connectivity index (χ4v) is 3.95. The number of aliphatic hydroxyl groups is 1. The van der Waals surface area contributed by atoms with Crippen LogP contribution < -0.4 is 16.0 Å². The Labute approximate surface area is 211 Å². The maximum Gasteiger partial charge on any atom is 0.433 e. The van der Waals surface area contributed by atoms with E-state index in [2.05, 4.69) is 20.6 Å². The molecule has 0 unspecified atom stereocenters. The summed E-state index contributed by atoms with van der Waals surface area (Å²) in [7, 11) is 0. The van der Waals surface area contributed by atoms with Gasteiger partial charge in [-0.05, 0) is 31.2 Å². The summed E-state index contributed by atoms with van der Waals surface area (Å²) in [5.74, 6) is -1.41. The zero-order valence-corrected chi connectivity index (χ0v) is 19.6. The monoisotopic (exact) mass is 531 g/mol. The van der Waals surface area contributed by atoms with Gasteiger partial charge >= 0.3 is 6.18 Å². The van der Waals surface area contributed by atoms with E-state index in [1.165, 1.54) is 35.4 Å². The van der Waals surface area contributed by atoms with Gasteiger partial charge in [-0.25, -0.2) is 4.68 Å². The largest absolute Gasteiger partial charge is 0.433 e. The number of rotatable bonds is 5. The molecule has 4 aromatic rings. The average Bonchev–Trinajstić information content (AvgIpc) is 3.51. The number of carbonyl (C=O) groups is 2. The summed E-state index contributed by atoms with van der Waals surface area (Å²) in [5.41, 5.74) is 2.93. The molecule has 2 amide bonds. The van der Waals surface area contributed by atoms with Crippen molar-refractivity contribution in [3.05, 3.63) is 54.5 Å². The zero-order valence-electron chi connectivity index (χ0n) is 19.6. The van der Waals surface area contributed by atoms with Crippen molar-refractivity contribution in [2.24, 2.45) is 0 Å². The number of amides is 2. The second kappa shape index (κ2) is 9.11. The molecule has 12 nitrogen and oxygen atoms in total. The van der Waals surface area contributed by atoms with Crippen molar-refractivity contribution >= 4 is 40.1 Å². The molecule has 4 heterocycles. The molecule has 0 radical (unpaired) electrons. The summed E-state index contributed by atoms with van der Waals surface area (Å²) in [6.45, 7) is 1.13. The highest BCUT2D eigenvalue weighted by molar-refractivity contribution is 6.06. The second-order valence-corrected chi connectivity index (χ2v) is 8.64. The first-order chi connectivity index (χ1) is 17.9. The molecular formula is C23H20F3N7O5. The number of anilines is 3. The Morgan fingerprint density at radius 1 is 1.24 bits per heavy atom. The van der Waals surface area contributed by atoms with Crippen LogP contribution in [0.4, 0.5) is 30.5 Å². The van der Waals surface area contributed by atoms with Crippen molar-refractivity contribution < 1.29 is 37.1 Å². The highest BCUT2D eigenvalue weighted by Crippen LogP contribution is 2.30. The fraction of sp³-hybridized carbons (Fsp3) is 0.261. The number of nitrogen functional groups attached to an aromatic ring is 1. The van der Waals surface area contributed by atoms with E-state index in [9.17, 15) is 27.9 Å². The molecule has 15 heteroatoms. The van der Waals surface area contributed by atoms with E-state index in [1.54, 1.807) is 6.07 Å². The van der Waals surface area contributed by atoms with Crippen LogP contribution in [0, 0.1) is 0 Å². The predicted molar refractivity (Wildman–Crippen MR) is 126 cm³/mol. The number of nitrogens with one attached hydrogen (secondary N) is 1. The van der Waals surface area contributed by atoms with E-state index in [0.717, 1.165) is 23.9 Å². The molecule has 38 heavy (non-hydrogen) atoms. The number of hydrogen-bond donors (Lipinski definition) is 3. The van der Waals surface area contributed by atoms with Gasteiger partial charge in [0.25, 0.3) is 11.8 Å². The second-order valence-electron chi connectivity index (χ2n) is 8.64. The molecule has 1 fully saturated rings. The summed E-state index contributed by atoms with van der Waals surface area (Å²) >= 11 is 0. The number of pyridine rings is 1. The number of morpholine rings is 1. The van der Waals surface area contributed by atoms with Gasteiger partial charge in [0.2, 0.25) is 0 Å². The molecule has 5 rings (SSSR count). The first-order valence-electron chi connectivity index (χ1n) is 11.2. The van der Waals surface area contributed by atoms with Gasteiger partial charge in [0, 0.05) is 30.2 Å². The van der Waals surface area contributed by atoms with Crippen LogP contribution in [0.5, 0.6) is 0 Å². The lowest BCUT2D eigenvalue weighted by Gasteiger charge is -2.37. The van der Waals surface area contributed by atoms with Crippen LogP contribution in [0.15, 0.2) is 53.3 Å². The SMILES string of the molecule is C[C@](O)(C(=O)Nc1ccc2c(N)noc2c1)[C@H]1OCCN(c2ccn(-c3ccnc(C(F)(F)F)c3)n2)C1=O. The van der Waals surface area contributed by atoms with Gasteiger partial charge < -0.3 is 25.4 Å². The Morgan fingerprint density at radius 3 is 2.79 bits per heavy atom. The van der Waals surface area contributed by atoms with Gasteiger partial charge in [-0.1, -0.05) is 5.16 Å². The summed E-state index contributed by atoms with van der Waals surface area (Å²) in [4.78, 5) is 30.7.